The highest BCUT2D eigenvalue weighted by Gasteiger charge is 2.41. The lowest BCUT2D eigenvalue weighted by atomic mass is 10.1. The molecule has 36 heavy (non-hydrogen) atoms. The maximum absolute atomic E-state index is 13.5. The molecular formula is C24H26ClN5O4S2. The van der Waals surface area contributed by atoms with Crippen LogP contribution in [-0.4, -0.2) is 85.6 Å². The second-order valence-corrected chi connectivity index (χ2v) is 12.4. The third kappa shape index (κ3) is 4.50. The van der Waals surface area contributed by atoms with Crippen molar-refractivity contribution in [1.29, 1.82) is 0 Å². The molecule has 2 aliphatic rings. The van der Waals surface area contributed by atoms with Crippen molar-refractivity contribution in [2.45, 2.75) is 23.9 Å². The smallest absolute Gasteiger partial charge is 0.283 e. The van der Waals surface area contributed by atoms with Crippen molar-refractivity contribution < 1.29 is 18.0 Å². The molecule has 1 fully saturated rings. The molecule has 1 saturated heterocycles. The third-order valence-electron chi connectivity index (χ3n) is 6.69. The zero-order valence-corrected chi connectivity index (χ0v) is 22.3. The van der Waals surface area contributed by atoms with Crippen molar-refractivity contribution in [3.63, 3.8) is 0 Å². The Morgan fingerprint density at radius 1 is 1.17 bits per heavy atom. The molecule has 1 unspecified atom stereocenters. The Labute approximate surface area is 218 Å². The maximum Gasteiger partial charge on any atom is 0.283 e. The first kappa shape index (κ1) is 25.1. The van der Waals surface area contributed by atoms with E-state index in [9.17, 15) is 18.0 Å². The van der Waals surface area contributed by atoms with Crippen LogP contribution in [0.15, 0.2) is 41.3 Å². The topological polar surface area (TPSA) is 103 Å². The Hall–Kier alpha value is -2.57. The van der Waals surface area contributed by atoms with Gasteiger partial charge in [-0.3, -0.25) is 9.59 Å². The largest absolute Gasteiger partial charge is 0.357 e. The lowest BCUT2D eigenvalue weighted by molar-refractivity contribution is -0.126. The van der Waals surface area contributed by atoms with Gasteiger partial charge < -0.3 is 15.1 Å². The number of thiazole rings is 1. The van der Waals surface area contributed by atoms with Gasteiger partial charge in [0.05, 0.1) is 10.6 Å². The minimum atomic E-state index is -3.91. The van der Waals surface area contributed by atoms with Crippen LogP contribution in [-0.2, 0) is 27.8 Å². The van der Waals surface area contributed by atoms with E-state index in [0.29, 0.717) is 22.0 Å². The number of hydrogen-bond donors (Lipinski definition) is 1. The van der Waals surface area contributed by atoms with E-state index in [-0.39, 0.29) is 30.4 Å². The predicted molar refractivity (Wildman–Crippen MR) is 139 cm³/mol. The second-order valence-electron chi connectivity index (χ2n) is 8.99. The molecule has 0 saturated carbocycles. The molecule has 3 aromatic rings. The summed E-state index contributed by atoms with van der Waals surface area (Å²) in [5.41, 5.74) is 0.895. The summed E-state index contributed by atoms with van der Waals surface area (Å²) >= 11 is 7.59. The number of hydrogen-bond acceptors (Lipinski definition) is 7. The number of nitrogens with one attached hydrogen (secondary N) is 1. The molecule has 1 aromatic heterocycles. The SMILES string of the molecule is CNC(=O)C1CN(S(=O)(=O)c2ccc3c(Cl)cccc3c2)CCN1C(=O)c1nc2c(s1)CCN(C)C2. The van der Waals surface area contributed by atoms with E-state index in [1.54, 1.807) is 30.3 Å². The number of carbonyl (C=O) groups is 2. The van der Waals surface area contributed by atoms with E-state index in [4.69, 9.17) is 11.6 Å². The van der Waals surface area contributed by atoms with Crippen molar-refractivity contribution in [3.05, 3.63) is 57.0 Å². The van der Waals surface area contributed by atoms with E-state index in [0.717, 1.165) is 28.9 Å². The van der Waals surface area contributed by atoms with Gasteiger partial charge in [0, 0.05) is 55.1 Å². The van der Waals surface area contributed by atoms with Gasteiger partial charge in [-0.15, -0.1) is 11.3 Å². The number of fused-ring (bicyclic) bond motifs is 2. The summed E-state index contributed by atoms with van der Waals surface area (Å²) in [4.78, 5) is 35.6. The average Bonchev–Trinajstić information content (AvgIpc) is 3.30. The molecule has 0 radical (unpaired) electrons. The van der Waals surface area contributed by atoms with Crippen LogP contribution in [0.4, 0.5) is 0 Å². The van der Waals surface area contributed by atoms with Gasteiger partial charge in [-0.25, -0.2) is 13.4 Å². The highest BCUT2D eigenvalue weighted by Crippen LogP contribution is 2.30. The van der Waals surface area contributed by atoms with Crippen LogP contribution in [0, 0.1) is 0 Å². The fourth-order valence-electron chi connectivity index (χ4n) is 4.69. The van der Waals surface area contributed by atoms with Gasteiger partial charge in [0.1, 0.15) is 6.04 Å². The molecule has 0 spiro atoms. The number of amides is 2. The third-order valence-corrected chi connectivity index (χ3v) is 10.0. The first-order valence-corrected chi connectivity index (χ1v) is 14.2. The fourth-order valence-corrected chi connectivity index (χ4v) is 7.42. The molecule has 190 valence electrons. The summed E-state index contributed by atoms with van der Waals surface area (Å²) < 4.78 is 28.3. The summed E-state index contributed by atoms with van der Waals surface area (Å²) in [6.07, 6.45) is 0.832. The lowest BCUT2D eigenvalue weighted by Gasteiger charge is -2.39. The van der Waals surface area contributed by atoms with E-state index >= 15 is 0 Å². The van der Waals surface area contributed by atoms with Crippen molar-refractivity contribution in [2.75, 3.05) is 40.3 Å². The number of sulfonamides is 1. The molecule has 2 aliphatic heterocycles. The summed E-state index contributed by atoms with van der Waals surface area (Å²) in [6.45, 7) is 1.60. The molecule has 0 aliphatic carbocycles. The zero-order valence-electron chi connectivity index (χ0n) is 19.9. The monoisotopic (exact) mass is 547 g/mol. The Bertz CT molecular complexity index is 1460. The molecule has 5 rings (SSSR count). The second kappa shape index (κ2) is 9.71. The number of piperazine rings is 1. The highest BCUT2D eigenvalue weighted by atomic mass is 35.5. The molecule has 12 heteroatoms. The Morgan fingerprint density at radius 3 is 2.75 bits per heavy atom. The molecule has 3 heterocycles. The quantitative estimate of drug-likeness (QED) is 0.537. The van der Waals surface area contributed by atoms with Crippen LogP contribution in [0.3, 0.4) is 0 Å². The molecule has 2 amide bonds. The van der Waals surface area contributed by atoms with Crippen molar-refractivity contribution in [3.8, 4) is 0 Å². The Morgan fingerprint density at radius 2 is 1.97 bits per heavy atom. The van der Waals surface area contributed by atoms with Crippen LogP contribution in [0.5, 0.6) is 0 Å². The van der Waals surface area contributed by atoms with Crippen LogP contribution < -0.4 is 5.32 Å². The zero-order chi connectivity index (χ0) is 25.6. The lowest BCUT2D eigenvalue weighted by Crippen LogP contribution is -2.61. The van der Waals surface area contributed by atoms with Gasteiger partial charge in [0.15, 0.2) is 5.01 Å². The van der Waals surface area contributed by atoms with Gasteiger partial charge in [-0.2, -0.15) is 4.31 Å². The molecule has 1 atom stereocenters. The summed E-state index contributed by atoms with van der Waals surface area (Å²) in [5.74, 6) is -0.766. The van der Waals surface area contributed by atoms with Gasteiger partial charge in [0.2, 0.25) is 15.9 Å². The number of benzene rings is 2. The van der Waals surface area contributed by atoms with Crippen LogP contribution in [0.1, 0.15) is 20.4 Å². The first-order valence-electron chi connectivity index (χ1n) is 11.6. The minimum Gasteiger partial charge on any atom is -0.357 e. The predicted octanol–water partition coefficient (Wildman–Crippen LogP) is 2.20. The van der Waals surface area contributed by atoms with Gasteiger partial charge in [0.25, 0.3) is 5.91 Å². The van der Waals surface area contributed by atoms with E-state index < -0.39 is 22.0 Å². The summed E-state index contributed by atoms with van der Waals surface area (Å²) in [5, 5.41) is 4.92. The minimum absolute atomic E-state index is 0.0724. The van der Waals surface area contributed by atoms with Crippen molar-refractivity contribution in [2.24, 2.45) is 0 Å². The average molecular weight is 548 g/mol. The number of aromatic nitrogens is 1. The van der Waals surface area contributed by atoms with Crippen LogP contribution in [0.25, 0.3) is 10.8 Å². The van der Waals surface area contributed by atoms with E-state index in [2.05, 4.69) is 15.2 Å². The van der Waals surface area contributed by atoms with Crippen LogP contribution >= 0.6 is 22.9 Å². The molecule has 1 N–H and O–H groups in total. The number of carbonyl (C=O) groups excluding carboxylic acids is 2. The molecule has 0 bridgehead atoms. The fraction of sp³-hybridized carbons (Fsp3) is 0.375. The number of nitrogens with zero attached hydrogens (tertiary/aromatic N) is 4. The Kier molecular flexibility index (Phi) is 6.77. The van der Waals surface area contributed by atoms with E-state index in [1.807, 2.05) is 7.05 Å². The summed E-state index contributed by atoms with van der Waals surface area (Å²) in [7, 11) is -0.425. The Balaban J connectivity index is 1.41. The summed E-state index contributed by atoms with van der Waals surface area (Å²) in [6, 6.07) is 9.14. The first-order chi connectivity index (χ1) is 17.2. The van der Waals surface area contributed by atoms with Gasteiger partial charge in [-0.05, 0) is 37.1 Å². The molecule has 9 nitrogen and oxygen atoms in total. The van der Waals surface area contributed by atoms with Crippen molar-refractivity contribution in [1.82, 2.24) is 24.4 Å². The molecule has 2 aromatic carbocycles. The van der Waals surface area contributed by atoms with Gasteiger partial charge in [-0.1, -0.05) is 29.8 Å². The van der Waals surface area contributed by atoms with Gasteiger partial charge >= 0.3 is 0 Å². The number of halogens is 1. The standard InChI is InChI=1S/C24H26ClN5O4S2/c1-26-22(31)20-14-29(36(33,34)16-6-7-17-15(12-16)4-3-5-18(17)25)10-11-30(20)24(32)23-27-19-13-28(2)9-8-21(19)35-23/h3-7,12,20H,8-11,13-14H2,1-2H3,(H,26,31). The van der Waals surface area contributed by atoms with E-state index in [1.165, 1.54) is 33.7 Å². The van der Waals surface area contributed by atoms with Crippen LogP contribution in [0.2, 0.25) is 5.02 Å². The number of rotatable bonds is 4. The van der Waals surface area contributed by atoms with Crippen molar-refractivity contribution >= 4 is 55.5 Å². The number of likely N-dealkylation sites (N-methyl/N-ethyl adjacent to an activating group) is 2. The molecular weight excluding hydrogens is 522 g/mol. The maximum atomic E-state index is 13.5. The highest BCUT2D eigenvalue weighted by molar-refractivity contribution is 7.89. The normalized spacial score (nSPS) is 19.3.